The lowest BCUT2D eigenvalue weighted by atomic mass is 10.0. The molecule has 5 nitrogen and oxygen atoms in total. The van der Waals surface area contributed by atoms with Crippen molar-refractivity contribution in [2.45, 2.75) is 18.9 Å². The fourth-order valence-electron chi connectivity index (χ4n) is 3.34. The molecule has 1 saturated heterocycles. The highest BCUT2D eigenvalue weighted by atomic mass is 32.1. The molecule has 0 unspecified atom stereocenters. The monoisotopic (exact) mass is 398 g/mol. The van der Waals surface area contributed by atoms with E-state index < -0.39 is 0 Å². The average Bonchev–Trinajstić information content (AvgIpc) is 3.40. The van der Waals surface area contributed by atoms with E-state index in [0.29, 0.717) is 11.7 Å². The Morgan fingerprint density at radius 1 is 1.15 bits per heavy atom. The first-order chi connectivity index (χ1) is 13.2. The SMILES string of the molecule is CNC1CCN(c2ccccc2NC(=O)c2csc(-c3cccs3)n2)CC1. The van der Waals surface area contributed by atoms with E-state index in [2.05, 4.69) is 26.6 Å². The Morgan fingerprint density at radius 2 is 1.96 bits per heavy atom. The summed E-state index contributed by atoms with van der Waals surface area (Å²) in [6.07, 6.45) is 2.21. The molecule has 3 heterocycles. The van der Waals surface area contributed by atoms with Crippen LogP contribution in [0.1, 0.15) is 23.3 Å². The molecule has 0 spiro atoms. The van der Waals surface area contributed by atoms with E-state index in [1.807, 2.05) is 48.1 Å². The third-order valence-electron chi connectivity index (χ3n) is 4.86. The van der Waals surface area contributed by atoms with E-state index in [1.165, 1.54) is 11.3 Å². The zero-order chi connectivity index (χ0) is 18.6. The maximum atomic E-state index is 12.7. The highest BCUT2D eigenvalue weighted by Gasteiger charge is 2.21. The summed E-state index contributed by atoms with van der Waals surface area (Å²) in [5.74, 6) is -0.161. The number of para-hydroxylation sites is 2. The zero-order valence-electron chi connectivity index (χ0n) is 15.1. The van der Waals surface area contributed by atoms with E-state index in [-0.39, 0.29) is 5.91 Å². The summed E-state index contributed by atoms with van der Waals surface area (Å²) >= 11 is 3.13. The number of rotatable bonds is 5. The van der Waals surface area contributed by atoms with Gasteiger partial charge in [-0.25, -0.2) is 4.98 Å². The quantitative estimate of drug-likeness (QED) is 0.672. The second-order valence-corrected chi connectivity index (χ2v) is 8.34. The van der Waals surface area contributed by atoms with Crippen LogP contribution in [0.3, 0.4) is 0 Å². The summed E-state index contributed by atoms with van der Waals surface area (Å²) in [7, 11) is 2.02. The molecule has 1 aliphatic heterocycles. The van der Waals surface area contributed by atoms with Gasteiger partial charge in [0.2, 0.25) is 0 Å². The van der Waals surface area contributed by atoms with Crippen molar-refractivity contribution in [3.63, 3.8) is 0 Å². The van der Waals surface area contributed by atoms with Crippen LogP contribution in [0.25, 0.3) is 9.88 Å². The van der Waals surface area contributed by atoms with Gasteiger partial charge in [0.1, 0.15) is 10.7 Å². The van der Waals surface area contributed by atoms with Gasteiger partial charge in [-0.2, -0.15) is 0 Å². The van der Waals surface area contributed by atoms with Crippen LogP contribution >= 0.6 is 22.7 Å². The normalized spacial score (nSPS) is 15.1. The van der Waals surface area contributed by atoms with Gasteiger partial charge >= 0.3 is 0 Å². The van der Waals surface area contributed by atoms with Gasteiger partial charge in [0.15, 0.2) is 0 Å². The Balaban J connectivity index is 1.49. The number of aromatic nitrogens is 1. The van der Waals surface area contributed by atoms with E-state index in [9.17, 15) is 4.79 Å². The first kappa shape index (κ1) is 18.2. The van der Waals surface area contributed by atoms with Gasteiger partial charge in [-0.1, -0.05) is 18.2 Å². The summed E-state index contributed by atoms with van der Waals surface area (Å²) in [5, 5.41) is 11.1. The molecular weight excluding hydrogens is 376 g/mol. The van der Waals surface area contributed by atoms with Crippen molar-refractivity contribution in [2.24, 2.45) is 0 Å². The molecule has 27 heavy (non-hydrogen) atoms. The maximum Gasteiger partial charge on any atom is 0.275 e. The molecule has 3 aromatic rings. The predicted molar refractivity (Wildman–Crippen MR) is 114 cm³/mol. The lowest BCUT2D eigenvalue weighted by molar-refractivity contribution is 0.102. The Morgan fingerprint density at radius 3 is 2.70 bits per heavy atom. The molecule has 1 aliphatic rings. The number of amides is 1. The van der Waals surface area contributed by atoms with Crippen molar-refractivity contribution in [1.82, 2.24) is 10.3 Å². The van der Waals surface area contributed by atoms with Crippen molar-refractivity contribution in [2.75, 3.05) is 30.4 Å². The molecule has 0 radical (unpaired) electrons. The average molecular weight is 399 g/mol. The smallest absolute Gasteiger partial charge is 0.275 e. The lowest BCUT2D eigenvalue weighted by Crippen LogP contribution is -2.41. The molecule has 1 aromatic carbocycles. The molecule has 7 heteroatoms. The summed E-state index contributed by atoms with van der Waals surface area (Å²) in [4.78, 5) is 20.7. The standard InChI is InChI=1S/C20H22N4OS2/c1-21-14-8-10-24(11-9-14)17-6-3-2-5-15(17)22-19(25)16-13-27-20(23-16)18-7-4-12-26-18/h2-7,12-14,21H,8-11H2,1H3,(H,22,25). The highest BCUT2D eigenvalue weighted by molar-refractivity contribution is 7.20. The van der Waals surface area contributed by atoms with Crippen LogP contribution in [-0.4, -0.2) is 37.1 Å². The zero-order valence-corrected chi connectivity index (χ0v) is 16.8. The minimum Gasteiger partial charge on any atom is -0.370 e. The Kier molecular flexibility index (Phi) is 5.52. The fourth-order valence-corrected chi connectivity index (χ4v) is 4.96. The second-order valence-electron chi connectivity index (χ2n) is 6.54. The first-order valence-corrected chi connectivity index (χ1v) is 10.8. The molecule has 1 amide bonds. The van der Waals surface area contributed by atoms with Gasteiger partial charge in [-0.05, 0) is 43.5 Å². The lowest BCUT2D eigenvalue weighted by Gasteiger charge is -2.34. The summed E-state index contributed by atoms with van der Waals surface area (Å²) in [6, 6.07) is 12.6. The van der Waals surface area contributed by atoms with Gasteiger partial charge in [0.05, 0.1) is 16.3 Å². The molecule has 2 aromatic heterocycles. The number of thiophene rings is 1. The summed E-state index contributed by atoms with van der Waals surface area (Å²) < 4.78 is 0. The van der Waals surface area contributed by atoms with Gasteiger partial charge in [-0.15, -0.1) is 22.7 Å². The number of hydrogen-bond acceptors (Lipinski definition) is 6. The van der Waals surface area contributed by atoms with Gasteiger partial charge < -0.3 is 15.5 Å². The third-order valence-corrected chi connectivity index (χ3v) is 6.75. The minimum absolute atomic E-state index is 0.161. The van der Waals surface area contributed by atoms with Crippen molar-refractivity contribution in [3.8, 4) is 9.88 Å². The van der Waals surface area contributed by atoms with Crippen LogP contribution in [0.5, 0.6) is 0 Å². The molecule has 0 atom stereocenters. The number of thiazole rings is 1. The number of benzene rings is 1. The van der Waals surface area contributed by atoms with E-state index in [1.54, 1.807) is 11.3 Å². The van der Waals surface area contributed by atoms with Crippen LogP contribution in [0, 0.1) is 0 Å². The molecule has 0 saturated carbocycles. The third kappa shape index (κ3) is 4.05. The van der Waals surface area contributed by atoms with Crippen LogP contribution in [0.4, 0.5) is 11.4 Å². The minimum atomic E-state index is -0.161. The first-order valence-electron chi connectivity index (χ1n) is 9.06. The number of anilines is 2. The molecule has 0 bridgehead atoms. The number of nitrogens with zero attached hydrogens (tertiary/aromatic N) is 2. The number of nitrogens with one attached hydrogen (secondary N) is 2. The van der Waals surface area contributed by atoms with Crippen LogP contribution in [0.15, 0.2) is 47.2 Å². The fraction of sp³-hybridized carbons (Fsp3) is 0.300. The van der Waals surface area contributed by atoms with E-state index in [4.69, 9.17) is 0 Å². The Hall–Kier alpha value is -2.22. The van der Waals surface area contributed by atoms with Gasteiger partial charge in [-0.3, -0.25) is 4.79 Å². The summed E-state index contributed by atoms with van der Waals surface area (Å²) in [6.45, 7) is 1.97. The van der Waals surface area contributed by atoms with E-state index >= 15 is 0 Å². The Bertz CT molecular complexity index is 898. The number of carbonyl (C=O) groups excluding carboxylic acids is 1. The van der Waals surface area contributed by atoms with Crippen LogP contribution in [-0.2, 0) is 0 Å². The van der Waals surface area contributed by atoms with Gasteiger partial charge in [0.25, 0.3) is 5.91 Å². The van der Waals surface area contributed by atoms with Crippen molar-refractivity contribution in [3.05, 3.63) is 52.9 Å². The molecule has 2 N–H and O–H groups in total. The molecule has 4 rings (SSSR count). The molecular formula is C20H22N4OS2. The predicted octanol–water partition coefficient (Wildman–Crippen LogP) is 4.31. The van der Waals surface area contributed by atoms with Gasteiger partial charge in [0, 0.05) is 24.5 Å². The summed E-state index contributed by atoms with van der Waals surface area (Å²) in [5.41, 5.74) is 2.39. The molecule has 1 fully saturated rings. The molecule has 140 valence electrons. The van der Waals surface area contributed by atoms with Crippen molar-refractivity contribution >= 4 is 40.0 Å². The molecule has 0 aliphatic carbocycles. The number of carbonyl (C=O) groups is 1. The highest BCUT2D eigenvalue weighted by Crippen LogP contribution is 2.30. The van der Waals surface area contributed by atoms with Crippen LogP contribution in [0.2, 0.25) is 0 Å². The maximum absolute atomic E-state index is 12.7. The van der Waals surface area contributed by atoms with Crippen molar-refractivity contribution in [1.29, 1.82) is 0 Å². The number of hydrogen-bond donors (Lipinski definition) is 2. The largest absolute Gasteiger partial charge is 0.370 e. The second kappa shape index (κ2) is 8.21. The van der Waals surface area contributed by atoms with Crippen molar-refractivity contribution < 1.29 is 4.79 Å². The van der Waals surface area contributed by atoms with Crippen LogP contribution < -0.4 is 15.5 Å². The van der Waals surface area contributed by atoms with E-state index in [0.717, 1.165) is 47.2 Å². The Labute approximate surface area is 167 Å². The topological polar surface area (TPSA) is 57.3 Å². The number of piperidine rings is 1.